The molecule has 0 aromatic carbocycles. The molecule has 1 aromatic heterocycles. The van der Waals surface area contributed by atoms with Gasteiger partial charge in [-0.1, -0.05) is 6.92 Å². The smallest absolute Gasteiger partial charge is 0.303 e. The fourth-order valence-electron chi connectivity index (χ4n) is 2.01. The Balaban J connectivity index is 2.66. The summed E-state index contributed by atoms with van der Waals surface area (Å²) in [5, 5.41) is 15.8. The second-order valence-electron chi connectivity index (χ2n) is 4.58. The maximum atomic E-state index is 11.2. The second kappa shape index (κ2) is 7.56. The van der Waals surface area contributed by atoms with Crippen molar-refractivity contribution in [3.8, 4) is 0 Å². The summed E-state index contributed by atoms with van der Waals surface area (Å²) in [5.41, 5.74) is 1.02. The lowest BCUT2D eigenvalue weighted by Crippen LogP contribution is -2.35. The van der Waals surface area contributed by atoms with Crippen molar-refractivity contribution >= 4 is 11.9 Å². The Morgan fingerprint density at radius 1 is 1.53 bits per heavy atom. The first kappa shape index (κ1) is 15.2. The fraction of sp³-hybridized carbons (Fsp3) is 0.615. The van der Waals surface area contributed by atoms with Gasteiger partial charge >= 0.3 is 5.97 Å². The molecule has 0 saturated carbocycles. The van der Waals surface area contributed by atoms with Crippen LogP contribution in [0.25, 0.3) is 0 Å². The highest BCUT2D eigenvalue weighted by atomic mass is 16.4. The number of nitrogens with zero attached hydrogens (tertiary/aromatic N) is 2. The topological polar surface area (TPSA) is 84.2 Å². The Labute approximate surface area is 112 Å². The molecular formula is C13H21N3O3. The number of carbonyl (C=O) groups is 2. The van der Waals surface area contributed by atoms with Crippen LogP contribution in [0.1, 0.15) is 38.8 Å². The van der Waals surface area contributed by atoms with E-state index in [1.165, 1.54) is 6.92 Å². The van der Waals surface area contributed by atoms with Crippen molar-refractivity contribution in [2.24, 2.45) is 0 Å². The van der Waals surface area contributed by atoms with E-state index in [1.807, 2.05) is 10.7 Å². The molecule has 19 heavy (non-hydrogen) atoms. The first-order valence-electron chi connectivity index (χ1n) is 6.52. The minimum Gasteiger partial charge on any atom is -0.481 e. The van der Waals surface area contributed by atoms with Crippen molar-refractivity contribution in [2.75, 3.05) is 0 Å². The molecule has 0 spiro atoms. The predicted octanol–water partition coefficient (Wildman–Crippen LogP) is 1.21. The summed E-state index contributed by atoms with van der Waals surface area (Å²) in [6, 6.07) is 1.74. The van der Waals surface area contributed by atoms with E-state index in [0.717, 1.165) is 18.7 Å². The largest absolute Gasteiger partial charge is 0.481 e. The minimum absolute atomic E-state index is 0.0485. The third-order valence-electron chi connectivity index (χ3n) is 2.81. The molecule has 1 aromatic rings. The van der Waals surface area contributed by atoms with Crippen LogP contribution in [0.4, 0.5) is 0 Å². The molecule has 0 saturated heterocycles. The molecule has 1 atom stereocenters. The monoisotopic (exact) mass is 267 g/mol. The number of aliphatic carboxylic acids is 1. The predicted molar refractivity (Wildman–Crippen MR) is 70.7 cm³/mol. The van der Waals surface area contributed by atoms with E-state index in [4.69, 9.17) is 5.11 Å². The first-order valence-corrected chi connectivity index (χ1v) is 6.52. The van der Waals surface area contributed by atoms with E-state index in [9.17, 15) is 9.59 Å². The average molecular weight is 267 g/mol. The highest BCUT2D eigenvalue weighted by Gasteiger charge is 2.15. The molecule has 0 aliphatic rings. The molecule has 6 nitrogen and oxygen atoms in total. The van der Waals surface area contributed by atoms with Gasteiger partial charge in [0.15, 0.2) is 0 Å². The molecule has 106 valence electrons. The number of amides is 1. The molecule has 0 aliphatic heterocycles. The van der Waals surface area contributed by atoms with Crippen LogP contribution < -0.4 is 5.32 Å². The van der Waals surface area contributed by atoms with Gasteiger partial charge in [-0.25, -0.2) is 0 Å². The van der Waals surface area contributed by atoms with Crippen LogP contribution in [-0.4, -0.2) is 32.8 Å². The standard InChI is InChI=1S/C13H21N3O3/c1-3-8-16-12(6-7-14-16)9-11(15-10(2)17)4-5-13(18)19/h6-7,11H,3-5,8-9H2,1-2H3,(H,15,17)(H,18,19). The van der Waals surface area contributed by atoms with Gasteiger partial charge in [-0.15, -0.1) is 0 Å². The molecule has 2 N–H and O–H groups in total. The van der Waals surface area contributed by atoms with Crippen molar-refractivity contribution in [1.29, 1.82) is 0 Å². The normalized spacial score (nSPS) is 12.1. The van der Waals surface area contributed by atoms with Gasteiger partial charge in [0.05, 0.1) is 0 Å². The molecule has 0 bridgehead atoms. The Morgan fingerprint density at radius 2 is 2.26 bits per heavy atom. The van der Waals surface area contributed by atoms with Gasteiger partial charge in [-0.3, -0.25) is 14.3 Å². The van der Waals surface area contributed by atoms with E-state index in [2.05, 4.69) is 17.3 Å². The van der Waals surface area contributed by atoms with E-state index in [0.29, 0.717) is 12.8 Å². The van der Waals surface area contributed by atoms with Crippen LogP contribution in [-0.2, 0) is 22.6 Å². The van der Waals surface area contributed by atoms with Crippen LogP contribution in [0.2, 0.25) is 0 Å². The van der Waals surface area contributed by atoms with Gasteiger partial charge in [0.2, 0.25) is 5.91 Å². The SMILES string of the molecule is CCCn1nccc1CC(CCC(=O)O)NC(C)=O. The van der Waals surface area contributed by atoms with Crippen molar-refractivity contribution in [1.82, 2.24) is 15.1 Å². The molecule has 0 fully saturated rings. The lowest BCUT2D eigenvalue weighted by atomic mass is 10.1. The lowest BCUT2D eigenvalue weighted by molar-refractivity contribution is -0.137. The van der Waals surface area contributed by atoms with Crippen molar-refractivity contribution in [2.45, 2.75) is 52.1 Å². The Bertz CT molecular complexity index is 429. The Hall–Kier alpha value is -1.85. The third-order valence-corrected chi connectivity index (χ3v) is 2.81. The molecule has 0 radical (unpaired) electrons. The molecule has 1 rings (SSSR count). The molecular weight excluding hydrogens is 246 g/mol. The molecule has 1 amide bonds. The zero-order valence-corrected chi connectivity index (χ0v) is 11.4. The number of aryl methyl sites for hydroxylation is 1. The Kier molecular flexibility index (Phi) is 6.05. The van der Waals surface area contributed by atoms with E-state index < -0.39 is 5.97 Å². The third kappa shape index (κ3) is 5.54. The summed E-state index contributed by atoms with van der Waals surface area (Å²) < 4.78 is 1.90. The van der Waals surface area contributed by atoms with Crippen LogP contribution in [0, 0.1) is 0 Å². The fourth-order valence-corrected chi connectivity index (χ4v) is 2.01. The van der Waals surface area contributed by atoms with Crippen LogP contribution in [0.5, 0.6) is 0 Å². The van der Waals surface area contributed by atoms with Gasteiger partial charge in [0, 0.05) is 44.2 Å². The lowest BCUT2D eigenvalue weighted by Gasteiger charge is -2.17. The summed E-state index contributed by atoms with van der Waals surface area (Å²) in [7, 11) is 0. The molecule has 0 aliphatic carbocycles. The van der Waals surface area contributed by atoms with E-state index >= 15 is 0 Å². The number of rotatable bonds is 8. The van der Waals surface area contributed by atoms with Crippen molar-refractivity contribution in [3.63, 3.8) is 0 Å². The number of nitrogens with one attached hydrogen (secondary N) is 1. The number of hydrogen-bond acceptors (Lipinski definition) is 3. The number of aromatic nitrogens is 2. The zero-order valence-electron chi connectivity index (χ0n) is 11.4. The Morgan fingerprint density at radius 3 is 2.84 bits per heavy atom. The molecule has 1 unspecified atom stereocenters. The van der Waals surface area contributed by atoms with Gasteiger partial charge < -0.3 is 10.4 Å². The summed E-state index contributed by atoms with van der Waals surface area (Å²) in [4.78, 5) is 21.8. The highest BCUT2D eigenvalue weighted by Crippen LogP contribution is 2.08. The number of hydrogen-bond donors (Lipinski definition) is 2. The first-order chi connectivity index (χ1) is 9.02. The molecule has 1 heterocycles. The van der Waals surface area contributed by atoms with E-state index in [-0.39, 0.29) is 18.4 Å². The van der Waals surface area contributed by atoms with Crippen LogP contribution >= 0.6 is 0 Å². The number of carboxylic acid groups (broad SMARTS) is 1. The maximum Gasteiger partial charge on any atom is 0.303 e. The summed E-state index contributed by atoms with van der Waals surface area (Å²) >= 11 is 0. The van der Waals surface area contributed by atoms with Gasteiger partial charge in [0.1, 0.15) is 0 Å². The summed E-state index contributed by atoms with van der Waals surface area (Å²) in [5.74, 6) is -0.991. The summed E-state index contributed by atoms with van der Waals surface area (Å²) in [6.45, 7) is 4.34. The van der Waals surface area contributed by atoms with E-state index in [1.54, 1.807) is 6.20 Å². The minimum atomic E-state index is -0.850. The average Bonchev–Trinajstić information content (AvgIpc) is 2.73. The van der Waals surface area contributed by atoms with Crippen LogP contribution in [0.3, 0.4) is 0 Å². The van der Waals surface area contributed by atoms with Crippen molar-refractivity contribution < 1.29 is 14.7 Å². The summed E-state index contributed by atoms with van der Waals surface area (Å²) in [6.07, 6.45) is 3.79. The van der Waals surface area contributed by atoms with Gasteiger partial charge in [-0.2, -0.15) is 5.10 Å². The van der Waals surface area contributed by atoms with Crippen LogP contribution in [0.15, 0.2) is 12.3 Å². The molecule has 6 heteroatoms. The quantitative estimate of drug-likeness (QED) is 0.741. The number of carboxylic acids is 1. The van der Waals surface area contributed by atoms with Gasteiger partial charge in [-0.05, 0) is 18.9 Å². The highest BCUT2D eigenvalue weighted by molar-refractivity contribution is 5.73. The van der Waals surface area contributed by atoms with Gasteiger partial charge in [0.25, 0.3) is 0 Å². The van der Waals surface area contributed by atoms with Crippen molar-refractivity contribution in [3.05, 3.63) is 18.0 Å². The second-order valence-corrected chi connectivity index (χ2v) is 4.58. The number of carbonyl (C=O) groups excluding carboxylic acids is 1. The zero-order chi connectivity index (χ0) is 14.3. The maximum absolute atomic E-state index is 11.2.